The van der Waals surface area contributed by atoms with Gasteiger partial charge in [0.1, 0.15) is 5.69 Å². The molecular formula is C16H18F3N3O3. The van der Waals surface area contributed by atoms with Gasteiger partial charge in [0.05, 0.1) is 10.5 Å². The Kier molecular flexibility index (Phi) is 4.44. The second-order valence-electron chi connectivity index (χ2n) is 6.55. The van der Waals surface area contributed by atoms with Gasteiger partial charge in [0.15, 0.2) is 0 Å². The van der Waals surface area contributed by atoms with Crippen molar-refractivity contribution < 1.29 is 22.9 Å². The molecule has 1 unspecified atom stereocenters. The molecule has 3 rings (SSSR count). The first-order chi connectivity index (χ1) is 11.7. The lowest BCUT2D eigenvalue weighted by Gasteiger charge is -2.22. The highest BCUT2D eigenvalue weighted by atomic mass is 19.4. The van der Waals surface area contributed by atoms with Crippen molar-refractivity contribution in [3.05, 3.63) is 33.4 Å². The van der Waals surface area contributed by atoms with Crippen molar-refractivity contribution in [2.24, 2.45) is 5.92 Å². The Hall–Kier alpha value is -2.16. The summed E-state index contributed by atoms with van der Waals surface area (Å²) in [6, 6.07) is 1.57. The molecule has 1 aromatic carbocycles. The van der Waals surface area contributed by atoms with Gasteiger partial charge in [0, 0.05) is 31.0 Å². The molecule has 1 saturated carbocycles. The number of amides is 1. The summed E-state index contributed by atoms with van der Waals surface area (Å²) in [5.41, 5.74) is -1.61. The number of rotatable bonds is 4. The van der Waals surface area contributed by atoms with Gasteiger partial charge in [-0.2, -0.15) is 13.2 Å². The molecule has 0 radical (unpaired) electrons. The number of nitro groups is 1. The number of benzene rings is 1. The van der Waals surface area contributed by atoms with Crippen molar-refractivity contribution in [1.82, 2.24) is 5.32 Å². The van der Waals surface area contributed by atoms with Crippen LogP contribution in [0, 0.1) is 16.0 Å². The van der Waals surface area contributed by atoms with E-state index in [1.54, 1.807) is 0 Å². The Morgan fingerprint density at radius 3 is 2.48 bits per heavy atom. The van der Waals surface area contributed by atoms with E-state index in [2.05, 4.69) is 5.32 Å². The standard InChI is InChI=1S/C16H18F3N3O3/c1-21(15(23)9-2-3-9)13-7-11(16(17,18)19)6-12(14(13)22(24)25)10-4-5-20-8-10/h6-7,9-10,20H,2-5,8H2,1H3. The van der Waals surface area contributed by atoms with E-state index >= 15 is 0 Å². The third kappa shape index (κ3) is 3.46. The van der Waals surface area contributed by atoms with Gasteiger partial charge in [-0.15, -0.1) is 0 Å². The number of hydrogen-bond acceptors (Lipinski definition) is 4. The monoisotopic (exact) mass is 357 g/mol. The topological polar surface area (TPSA) is 75.5 Å². The summed E-state index contributed by atoms with van der Waals surface area (Å²) in [6.07, 6.45) is -2.80. The summed E-state index contributed by atoms with van der Waals surface area (Å²) in [5.74, 6) is -1.01. The normalized spacial score (nSPS) is 20.6. The van der Waals surface area contributed by atoms with Crippen LogP contribution >= 0.6 is 0 Å². The minimum Gasteiger partial charge on any atom is -0.316 e. The Labute approximate surface area is 142 Å². The number of carbonyl (C=O) groups is 1. The highest BCUT2D eigenvalue weighted by molar-refractivity contribution is 5.98. The highest BCUT2D eigenvalue weighted by Gasteiger charge is 2.40. The summed E-state index contributed by atoms with van der Waals surface area (Å²) in [6.45, 7) is 0.964. The maximum atomic E-state index is 13.3. The number of alkyl halides is 3. The second-order valence-corrected chi connectivity index (χ2v) is 6.55. The van der Waals surface area contributed by atoms with Crippen molar-refractivity contribution in [1.29, 1.82) is 0 Å². The summed E-state index contributed by atoms with van der Waals surface area (Å²) in [5, 5.41) is 14.6. The Morgan fingerprint density at radius 2 is 2.00 bits per heavy atom. The largest absolute Gasteiger partial charge is 0.416 e. The van der Waals surface area contributed by atoms with Crippen LogP contribution in [-0.2, 0) is 11.0 Å². The number of nitro benzene ring substituents is 1. The van der Waals surface area contributed by atoms with Crippen LogP contribution in [0.25, 0.3) is 0 Å². The lowest BCUT2D eigenvalue weighted by Crippen LogP contribution is -2.29. The molecule has 0 spiro atoms. The third-order valence-electron chi connectivity index (χ3n) is 4.75. The molecule has 1 N–H and O–H groups in total. The van der Waals surface area contributed by atoms with Gasteiger partial charge >= 0.3 is 6.18 Å². The first-order valence-electron chi connectivity index (χ1n) is 8.08. The van der Waals surface area contributed by atoms with Gasteiger partial charge in [-0.05, 0) is 37.9 Å². The van der Waals surface area contributed by atoms with Crippen LogP contribution in [0.2, 0.25) is 0 Å². The van der Waals surface area contributed by atoms with Crippen LogP contribution in [0.3, 0.4) is 0 Å². The van der Waals surface area contributed by atoms with Crippen LogP contribution in [-0.4, -0.2) is 31.0 Å². The van der Waals surface area contributed by atoms with E-state index in [0.717, 1.165) is 11.0 Å². The SMILES string of the molecule is CN(C(=O)C1CC1)c1cc(C(F)(F)F)cc(C2CCNC2)c1[N+](=O)[O-]. The molecule has 9 heteroatoms. The fraction of sp³-hybridized carbons (Fsp3) is 0.562. The van der Waals surface area contributed by atoms with E-state index in [9.17, 15) is 28.1 Å². The fourth-order valence-corrected chi connectivity index (χ4v) is 3.21. The number of hydrogen-bond donors (Lipinski definition) is 1. The maximum Gasteiger partial charge on any atom is 0.416 e. The molecule has 2 fully saturated rings. The van der Waals surface area contributed by atoms with Crippen molar-refractivity contribution >= 4 is 17.3 Å². The van der Waals surface area contributed by atoms with E-state index in [4.69, 9.17) is 0 Å². The smallest absolute Gasteiger partial charge is 0.316 e. The summed E-state index contributed by atoms with van der Waals surface area (Å²) >= 11 is 0. The highest BCUT2D eigenvalue weighted by Crippen LogP contribution is 2.44. The number of anilines is 1. The Morgan fingerprint density at radius 1 is 1.32 bits per heavy atom. The molecule has 1 atom stereocenters. The van der Waals surface area contributed by atoms with Crippen LogP contribution in [0.5, 0.6) is 0 Å². The van der Waals surface area contributed by atoms with Crippen molar-refractivity contribution in [2.75, 3.05) is 25.0 Å². The molecule has 1 saturated heterocycles. The molecule has 1 aliphatic carbocycles. The lowest BCUT2D eigenvalue weighted by molar-refractivity contribution is -0.385. The van der Waals surface area contributed by atoms with Crippen molar-refractivity contribution in [2.45, 2.75) is 31.4 Å². The zero-order valence-electron chi connectivity index (χ0n) is 13.6. The first kappa shape index (κ1) is 17.7. The van der Waals surface area contributed by atoms with E-state index in [1.807, 2.05) is 0 Å². The molecule has 25 heavy (non-hydrogen) atoms. The van der Waals surface area contributed by atoms with Gasteiger partial charge in [-0.25, -0.2) is 0 Å². The third-order valence-corrected chi connectivity index (χ3v) is 4.75. The fourth-order valence-electron chi connectivity index (χ4n) is 3.21. The summed E-state index contributed by atoms with van der Waals surface area (Å²) in [7, 11) is 1.31. The summed E-state index contributed by atoms with van der Waals surface area (Å²) < 4.78 is 39.9. The average molecular weight is 357 g/mol. The Balaban J connectivity index is 2.17. The molecule has 6 nitrogen and oxygen atoms in total. The van der Waals surface area contributed by atoms with Crippen LogP contribution < -0.4 is 10.2 Å². The van der Waals surface area contributed by atoms with E-state index in [0.29, 0.717) is 38.4 Å². The lowest BCUT2D eigenvalue weighted by atomic mass is 9.93. The first-order valence-corrected chi connectivity index (χ1v) is 8.08. The zero-order chi connectivity index (χ0) is 18.4. The van der Waals surface area contributed by atoms with Gasteiger partial charge in [-0.3, -0.25) is 14.9 Å². The molecule has 0 bridgehead atoms. The minimum absolute atomic E-state index is 0.0373. The molecule has 1 heterocycles. The molecule has 0 aromatic heterocycles. The Bertz CT molecular complexity index is 711. The maximum absolute atomic E-state index is 13.3. The predicted octanol–water partition coefficient (Wildman–Crippen LogP) is 3.06. The zero-order valence-corrected chi connectivity index (χ0v) is 13.6. The molecule has 136 valence electrons. The number of nitrogens with zero attached hydrogens (tertiary/aromatic N) is 2. The van der Waals surface area contributed by atoms with E-state index < -0.39 is 22.4 Å². The van der Waals surface area contributed by atoms with Crippen LogP contribution in [0.1, 0.15) is 36.3 Å². The van der Waals surface area contributed by atoms with Gasteiger partial charge < -0.3 is 10.2 Å². The van der Waals surface area contributed by atoms with E-state index in [-0.39, 0.29) is 29.0 Å². The van der Waals surface area contributed by atoms with Gasteiger partial charge in [0.25, 0.3) is 5.69 Å². The minimum atomic E-state index is -4.64. The van der Waals surface area contributed by atoms with Gasteiger partial charge in [0.2, 0.25) is 5.91 Å². The predicted molar refractivity (Wildman–Crippen MR) is 84.5 cm³/mol. The van der Waals surface area contributed by atoms with Crippen LogP contribution in [0.15, 0.2) is 12.1 Å². The number of halogens is 3. The van der Waals surface area contributed by atoms with E-state index in [1.165, 1.54) is 7.05 Å². The molecule has 1 amide bonds. The van der Waals surface area contributed by atoms with Crippen molar-refractivity contribution in [3.8, 4) is 0 Å². The number of carbonyl (C=O) groups excluding carboxylic acids is 1. The van der Waals surface area contributed by atoms with Crippen LogP contribution in [0.4, 0.5) is 24.5 Å². The molecule has 1 aliphatic heterocycles. The second kappa shape index (κ2) is 6.29. The van der Waals surface area contributed by atoms with Gasteiger partial charge in [-0.1, -0.05) is 0 Å². The summed E-state index contributed by atoms with van der Waals surface area (Å²) in [4.78, 5) is 24.3. The molecule has 1 aromatic rings. The average Bonchev–Trinajstić information content (AvgIpc) is 3.25. The quantitative estimate of drug-likeness (QED) is 0.664. The molecule has 2 aliphatic rings. The number of nitrogens with one attached hydrogen (secondary N) is 1. The van der Waals surface area contributed by atoms with Crippen molar-refractivity contribution in [3.63, 3.8) is 0 Å². The molecular weight excluding hydrogens is 339 g/mol.